The van der Waals surface area contributed by atoms with Gasteiger partial charge in [-0.3, -0.25) is 9.13 Å². The summed E-state index contributed by atoms with van der Waals surface area (Å²) in [6.07, 6.45) is 0. The molecule has 102 heavy (non-hydrogen) atoms. The van der Waals surface area contributed by atoms with Crippen LogP contribution in [-0.4, -0.2) is 38.2 Å². The van der Waals surface area contributed by atoms with Crippen molar-refractivity contribution in [1.82, 2.24) is 38.2 Å². The van der Waals surface area contributed by atoms with Crippen molar-refractivity contribution in [3.63, 3.8) is 0 Å². The molecule has 0 saturated heterocycles. The third kappa shape index (κ3) is 7.37. The van der Waals surface area contributed by atoms with Gasteiger partial charge < -0.3 is 9.13 Å². The Labute approximate surface area is 589 Å². The summed E-state index contributed by atoms with van der Waals surface area (Å²) in [5.74, 6) is 1.45. The van der Waals surface area contributed by atoms with Gasteiger partial charge in [-0.2, -0.15) is 0 Å². The second-order valence-corrected chi connectivity index (χ2v) is 29.2. The van der Waals surface area contributed by atoms with Crippen molar-refractivity contribution < 1.29 is 0 Å². The maximum Gasteiger partial charge on any atom is 0.235 e. The third-order valence-corrected chi connectivity index (χ3v) is 24.1. The van der Waals surface area contributed by atoms with Gasteiger partial charge in [0.05, 0.1) is 71.4 Å². The first kappa shape index (κ1) is 54.8. The summed E-state index contributed by atoms with van der Waals surface area (Å²) >= 11 is 3.46. The summed E-state index contributed by atoms with van der Waals surface area (Å²) in [7, 11) is 0. The van der Waals surface area contributed by atoms with E-state index in [-0.39, 0.29) is 0 Å². The van der Waals surface area contributed by atoms with Crippen LogP contribution in [0.4, 0.5) is 0 Å². The van der Waals surface area contributed by atoms with Gasteiger partial charge in [-0.05, 0) is 100 Å². The number of hydrogen-bond acceptors (Lipinski definition) is 6. The second kappa shape index (κ2) is 20.3. The zero-order chi connectivity index (χ0) is 66.2. The van der Waals surface area contributed by atoms with E-state index in [1.807, 2.05) is 0 Å². The normalized spacial score (nSPS) is 12.5. The summed E-state index contributed by atoms with van der Waals surface area (Å²) in [6, 6.07) is 112. The van der Waals surface area contributed by atoms with Crippen LogP contribution in [0.2, 0.25) is 0 Å². The molecule has 0 saturated carbocycles. The molecule has 0 amide bonds. The van der Waals surface area contributed by atoms with Crippen molar-refractivity contribution in [2.45, 2.75) is 0 Å². The van der Waals surface area contributed by atoms with Crippen LogP contribution in [0.25, 0.3) is 229 Å². The Hall–Kier alpha value is -13.1. The maximum absolute atomic E-state index is 5.82. The molecule has 10 heteroatoms. The predicted octanol–water partition coefficient (Wildman–Crippen LogP) is 24.7. The van der Waals surface area contributed by atoms with Gasteiger partial charge in [0.1, 0.15) is 16.0 Å². The Bertz CT molecular complexity index is 7510. The molecule has 24 rings (SSSR count). The number of aromatic nitrogens is 8. The first-order valence-electron chi connectivity index (χ1n) is 34.6. The molecule has 14 aromatic carbocycles. The molecule has 470 valence electrons. The highest BCUT2D eigenvalue weighted by molar-refractivity contribution is 7.26. The topological polar surface area (TPSA) is 71.3 Å². The molecule has 2 aliphatic heterocycles. The van der Waals surface area contributed by atoms with Gasteiger partial charge in [-0.1, -0.05) is 237 Å². The molecule has 0 unspecified atom stereocenters. The molecular weight excluding hydrogens is 1280 g/mol. The van der Waals surface area contributed by atoms with E-state index < -0.39 is 0 Å². The lowest BCUT2D eigenvalue weighted by atomic mass is 9.90. The quantitative estimate of drug-likeness (QED) is 0.172. The van der Waals surface area contributed by atoms with Gasteiger partial charge >= 0.3 is 0 Å². The number of para-hydroxylation sites is 6. The molecular formula is C92H50N8S2. The fourth-order valence-electron chi connectivity index (χ4n) is 17.5. The van der Waals surface area contributed by atoms with Crippen LogP contribution in [0.1, 0.15) is 0 Å². The summed E-state index contributed by atoms with van der Waals surface area (Å²) in [4.78, 5) is 23.5. The van der Waals surface area contributed by atoms with E-state index in [2.05, 4.69) is 322 Å². The van der Waals surface area contributed by atoms with Gasteiger partial charge in [-0.25, -0.2) is 19.9 Å². The molecule has 0 spiro atoms. The summed E-state index contributed by atoms with van der Waals surface area (Å²) in [6.45, 7) is 0. The lowest BCUT2D eigenvalue weighted by Gasteiger charge is -2.15. The largest absolute Gasteiger partial charge is 0.308 e. The Morgan fingerprint density at radius 3 is 1.34 bits per heavy atom. The van der Waals surface area contributed by atoms with Crippen molar-refractivity contribution in [3.8, 4) is 101 Å². The molecule has 0 atom stereocenters. The highest BCUT2D eigenvalue weighted by Crippen LogP contribution is 2.52. The molecule has 2 aliphatic rings. The van der Waals surface area contributed by atoms with Crippen molar-refractivity contribution in [2.24, 2.45) is 0 Å². The van der Waals surface area contributed by atoms with Gasteiger partial charge in [-0.15, -0.1) is 22.7 Å². The minimum Gasteiger partial charge on any atom is -0.308 e. The van der Waals surface area contributed by atoms with Crippen LogP contribution in [0.15, 0.2) is 303 Å². The first-order valence-corrected chi connectivity index (χ1v) is 36.2. The van der Waals surface area contributed by atoms with E-state index in [4.69, 9.17) is 19.9 Å². The van der Waals surface area contributed by atoms with E-state index in [9.17, 15) is 0 Å². The number of nitrogens with zero attached hydrogens (tertiary/aromatic N) is 8. The fraction of sp³-hybridized carbons (Fsp3) is 0. The molecule has 0 radical (unpaired) electrons. The number of benzene rings is 14. The summed E-state index contributed by atoms with van der Waals surface area (Å²) < 4.78 is 13.2. The highest BCUT2D eigenvalue weighted by atomic mass is 32.1. The van der Waals surface area contributed by atoms with Gasteiger partial charge in [0.2, 0.25) is 5.95 Å². The Balaban J connectivity index is 0.681. The van der Waals surface area contributed by atoms with Crippen LogP contribution in [0.3, 0.4) is 0 Å². The summed E-state index contributed by atoms with van der Waals surface area (Å²) in [5.41, 5.74) is 28.9. The molecule has 8 aromatic heterocycles. The van der Waals surface area contributed by atoms with E-state index >= 15 is 0 Å². The van der Waals surface area contributed by atoms with Crippen LogP contribution >= 0.6 is 22.7 Å². The zero-order valence-corrected chi connectivity index (χ0v) is 55.9. The lowest BCUT2D eigenvalue weighted by molar-refractivity contribution is 1.02. The molecule has 8 nitrogen and oxygen atoms in total. The van der Waals surface area contributed by atoms with Crippen molar-refractivity contribution in [2.75, 3.05) is 0 Å². The minimum atomic E-state index is 0.652. The van der Waals surface area contributed by atoms with E-state index in [1.165, 1.54) is 93.0 Å². The van der Waals surface area contributed by atoms with E-state index in [0.717, 1.165) is 130 Å². The van der Waals surface area contributed by atoms with Crippen LogP contribution in [0.5, 0.6) is 0 Å². The average molecular weight is 1330 g/mol. The average Bonchev–Trinajstić information content (AvgIpc) is 1.54. The Kier molecular flexibility index (Phi) is 10.9. The van der Waals surface area contributed by atoms with Gasteiger partial charge in [0.15, 0.2) is 5.82 Å². The van der Waals surface area contributed by atoms with Crippen LogP contribution < -0.4 is 0 Å². The Morgan fingerprint density at radius 2 is 0.686 bits per heavy atom. The smallest absolute Gasteiger partial charge is 0.235 e. The van der Waals surface area contributed by atoms with Gasteiger partial charge in [0.25, 0.3) is 0 Å². The lowest BCUT2D eigenvalue weighted by Crippen LogP contribution is -2.03. The number of rotatable bonds is 5. The zero-order valence-electron chi connectivity index (χ0n) is 54.3. The molecule has 10 heterocycles. The second-order valence-electron chi connectivity index (χ2n) is 27.1. The van der Waals surface area contributed by atoms with E-state index in [0.29, 0.717) is 5.95 Å². The van der Waals surface area contributed by atoms with Crippen molar-refractivity contribution in [3.05, 3.63) is 303 Å². The van der Waals surface area contributed by atoms with E-state index in [1.54, 1.807) is 22.7 Å². The molecule has 0 bridgehead atoms. The number of hydrogen-bond donors (Lipinski definition) is 0. The molecule has 0 aliphatic carbocycles. The molecule has 22 aromatic rings. The maximum atomic E-state index is 5.82. The standard InChI is InChI=1S/C92H50N8S2/c1-2-20-52(21-3-1)83-89-85(66-28-10-16-38-81(66)101-89)96-92(95-83)100-76-37-15-9-27-61(76)70-48-78-72(50-80(70)100)65-33-19-31-63-68-46-54(44-45-57(68)59-25-7-13-35-74(59)98(78)88(63)65)51-40-42-53(43-41-51)84-90(93-86-67-29-11-17-39-82(67)102-91(86)94-84)99-75-36-14-8-26-60(75)69-47-77-71(49-79(69)99)64-32-18-30-62-56-23-5-4-22-55(56)58-24-6-12-34-73(58)97(77)87(62)64/h1-50H. The number of fused-ring (bicyclic) bond motifs is 28. The number of thiophene rings is 2. The fourth-order valence-corrected chi connectivity index (χ4v) is 19.7. The first-order chi connectivity index (χ1) is 50.6. The SMILES string of the molecule is c1ccc(-c2nc(-n3c4ccccc4c4cc5c(cc43)c3cccc4c3n5-c3ccccc3-c3ccc(-c5ccc(-c6nc7sc8ccccc8c7nc6-n6c7ccccc7c7cc8c(cc76)c6cccc7c6n8-c6ccccc6-c6ccccc6-7)cc5)cc3-4)nc3c2sc2ccccc23)cc1. The monoisotopic (exact) mass is 1330 g/mol. The van der Waals surface area contributed by atoms with Crippen molar-refractivity contribution >= 4 is 151 Å². The summed E-state index contributed by atoms with van der Waals surface area (Å²) in [5, 5.41) is 11.6. The highest BCUT2D eigenvalue weighted by Gasteiger charge is 2.31. The van der Waals surface area contributed by atoms with Crippen LogP contribution in [-0.2, 0) is 0 Å². The van der Waals surface area contributed by atoms with Gasteiger partial charge in [0, 0.05) is 96.6 Å². The van der Waals surface area contributed by atoms with Crippen LogP contribution in [0, 0.1) is 0 Å². The predicted molar refractivity (Wildman–Crippen MR) is 426 cm³/mol. The minimum absolute atomic E-state index is 0.652. The molecule has 0 N–H and O–H groups in total. The third-order valence-electron chi connectivity index (χ3n) is 21.9. The van der Waals surface area contributed by atoms with Crippen molar-refractivity contribution in [1.29, 1.82) is 0 Å². The molecule has 0 fully saturated rings. The Morgan fingerprint density at radius 1 is 0.235 bits per heavy atom.